The number of halogens is 1. The summed E-state index contributed by atoms with van der Waals surface area (Å²) in [5, 5.41) is 7.70. The fraction of sp³-hybridized carbons (Fsp3) is 0.250. The third-order valence-electron chi connectivity index (χ3n) is 1.72. The van der Waals surface area contributed by atoms with Crippen molar-refractivity contribution in [3.63, 3.8) is 0 Å². The van der Waals surface area contributed by atoms with Gasteiger partial charge in [0, 0.05) is 0 Å². The number of para-hydroxylation sites is 1. The Labute approximate surface area is 68.8 Å². The van der Waals surface area contributed by atoms with Gasteiger partial charge in [-0.1, -0.05) is 17.3 Å². The van der Waals surface area contributed by atoms with Crippen molar-refractivity contribution >= 4 is 11.0 Å². The van der Waals surface area contributed by atoms with Gasteiger partial charge in [0.25, 0.3) is 0 Å². The Morgan fingerprint density at radius 1 is 1.33 bits per heavy atom. The molecule has 0 unspecified atom stereocenters. The Bertz CT molecular complexity index is 382. The summed E-state index contributed by atoms with van der Waals surface area (Å²) in [6.07, 6.45) is 0. The maximum Gasteiger partial charge on any atom is 0.113 e. The van der Waals surface area contributed by atoms with Crippen molar-refractivity contribution in [3.8, 4) is 0 Å². The molecular weight excluding hydrogens is 157 g/mol. The van der Waals surface area contributed by atoms with Gasteiger partial charge >= 0.3 is 0 Å². The van der Waals surface area contributed by atoms with E-state index < -0.39 is 6.67 Å². The number of fused-ring (bicyclic) bond motifs is 1. The molecule has 1 aromatic heterocycles. The van der Waals surface area contributed by atoms with Crippen molar-refractivity contribution in [3.05, 3.63) is 24.3 Å². The van der Waals surface area contributed by atoms with Gasteiger partial charge in [-0.25, -0.2) is 9.07 Å². The lowest BCUT2D eigenvalue weighted by Gasteiger charge is -1.95. The summed E-state index contributed by atoms with van der Waals surface area (Å²) in [4.78, 5) is 0. The van der Waals surface area contributed by atoms with Crippen molar-refractivity contribution in [2.24, 2.45) is 0 Å². The molecular formula is C8H8FN3. The minimum absolute atomic E-state index is 0.278. The van der Waals surface area contributed by atoms with E-state index in [1.165, 1.54) is 0 Å². The van der Waals surface area contributed by atoms with E-state index in [4.69, 9.17) is 0 Å². The minimum atomic E-state index is -0.409. The molecule has 0 atom stereocenters. The van der Waals surface area contributed by atoms with Crippen LogP contribution in [0, 0.1) is 0 Å². The highest BCUT2D eigenvalue weighted by Crippen LogP contribution is 2.08. The lowest BCUT2D eigenvalue weighted by molar-refractivity contribution is 0.428. The molecule has 0 fully saturated rings. The monoisotopic (exact) mass is 165 g/mol. The number of alkyl halides is 1. The quantitative estimate of drug-likeness (QED) is 0.673. The molecule has 0 N–H and O–H groups in total. The fourth-order valence-electron chi connectivity index (χ4n) is 1.16. The van der Waals surface area contributed by atoms with Gasteiger partial charge < -0.3 is 0 Å². The Kier molecular flexibility index (Phi) is 1.74. The van der Waals surface area contributed by atoms with E-state index in [0.717, 1.165) is 11.0 Å². The summed E-state index contributed by atoms with van der Waals surface area (Å²) in [5.41, 5.74) is 1.70. The van der Waals surface area contributed by atoms with Crippen LogP contribution in [0.5, 0.6) is 0 Å². The summed E-state index contributed by atoms with van der Waals surface area (Å²) in [6, 6.07) is 7.51. The van der Waals surface area contributed by atoms with Crippen LogP contribution in [-0.2, 0) is 6.54 Å². The van der Waals surface area contributed by atoms with E-state index in [0.29, 0.717) is 0 Å². The van der Waals surface area contributed by atoms with Crippen LogP contribution >= 0.6 is 0 Å². The van der Waals surface area contributed by atoms with Crippen molar-refractivity contribution in [1.29, 1.82) is 0 Å². The third kappa shape index (κ3) is 1.05. The Balaban J connectivity index is 2.55. The second kappa shape index (κ2) is 2.89. The molecule has 0 aliphatic rings. The van der Waals surface area contributed by atoms with Gasteiger partial charge in [0.05, 0.1) is 12.1 Å². The van der Waals surface area contributed by atoms with Gasteiger partial charge in [-0.05, 0) is 12.1 Å². The second-order valence-electron chi connectivity index (χ2n) is 2.49. The van der Waals surface area contributed by atoms with Crippen molar-refractivity contribution in [2.45, 2.75) is 6.54 Å². The zero-order valence-electron chi connectivity index (χ0n) is 6.44. The molecule has 1 aromatic carbocycles. The zero-order valence-corrected chi connectivity index (χ0v) is 6.44. The van der Waals surface area contributed by atoms with Gasteiger partial charge in [-0.2, -0.15) is 0 Å². The predicted octanol–water partition coefficient (Wildman–Crippen LogP) is 1.40. The first-order valence-corrected chi connectivity index (χ1v) is 3.76. The molecule has 0 saturated carbocycles. The van der Waals surface area contributed by atoms with E-state index in [2.05, 4.69) is 10.3 Å². The average Bonchev–Trinajstić information content (AvgIpc) is 2.50. The Hall–Kier alpha value is -1.45. The molecule has 0 amide bonds. The molecule has 2 rings (SSSR count). The van der Waals surface area contributed by atoms with E-state index in [1.54, 1.807) is 4.68 Å². The summed E-state index contributed by atoms with van der Waals surface area (Å²) < 4.78 is 13.6. The smallest absolute Gasteiger partial charge is 0.113 e. The minimum Gasteiger partial charge on any atom is -0.249 e. The van der Waals surface area contributed by atoms with Crippen LogP contribution in [0.1, 0.15) is 0 Å². The molecule has 0 saturated heterocycles. The van der Waals surface area contributed by atoms with Crippen LogP contribution in [-0.4, -0.2) is 21.7 Å². The van der Waals surface area contributed by atoms with E-state index in [1.807, 2.05) is 24.3 Å². The summed E-state index contributed by atoms with van der Waals surface area (Å²) in [5.74, 6) is 0. The molecule has 4 heteroatoms. The van der Waals surface area contributed by atoms with Gasteiger partial charge in [0.1, 0.15) is 12.2 Å². The van der Waals surface area contributed by atoms with Gasteiger partial charge in [-0.3, -0.25) is 0 Å². The van der Waals surface area contributed by atoms with E-state index in [9.17, 15) is 4.39 Å². The van der Waals surface area contributed by atoms with Crippen LogP contribution < -0.4 is 0 Å². The number of aromatic nitrogens is 3. The average molecular weight is 165 g/mol. The normalized spacial score (nSPS) is 10.8. The maximum atomic E-state index is 12.0. The zero-order chi connectivity index (χ0) is 8.39. The van der Waals surface area contributed by atoms with Gasteiger partial charge in [0.15, 0.2) is 0 Å². The Morgan fingerprint density at radius 3 is 3.00 bits per heavy atom. The van der Waals surface area contributed by atoms with E-state index >= 15 is 0 Å². The fourth-order valence-corrected chi connectivity index (χ4v) is 1.16. The second-order valence-corrected chi connectivity index (χ2v) is 2.49. The molecule has 1 heterocycles. The topological polar surface area (TPSA) is 30.7 Å². The van der Waals surface area contributed by atoms with Crippen molar-refractivity contribution in [1.82, 2.24) is 15.0 Å². The third-order valence-corrected chi connectivity index (χ3v) is 1.72. The number of benzene rings is 1. The molecule has 0 aliphatic heterocycles. The highest BCUT2D eigenvalue weighted by Gasteiger charge is 2.00. The van der Waals surface area contributed by atoms with Crippen LogP contribution in [0.3, 0.4) is 0 Å². The molecule has 0 spiro atoms. The molecule has 0 aliphatic carbocycles. The number of rotatable bonds is 2. The summed E-state index contributed by atoms with van der Waals surface area (Å²) >= 11 is 0. The van der Waals surface area contributed by atoms with Crippen molar-refractivity contribution < 1.29 is 4.39 Å². The number of aryl methyl sites for hydroxylation is 1. The standard InChI is InChI=1S/C8H8FN3/c9-5-6-12-8-4-2-1-3-7(8)10-11-12/h1-4H,5-6H2. The first-order chi connectivity index (χ1) is 5.92. The molecule has 3 nitrogen and oxygen atoms in total. The van der Waals surface area contributed by atoms with Gasteiger partial charge in [-0.15, -0.1) is 5.10 Å². The lowest BCUT2D eigenvalue weighted by Crippen LogP contribution is -2.01. The first kappa shape index (κ1) is 7.21. The first-order valence-electron chi connectivity index (χ1n) is 3.76. The predicted molar refractivity (Wildman–Crippen MR) is 43.5 cm³/mol. The van der Waals surface area contributed by atoms with Gasteiger partial charge in [0.2, 0.25) is 0 Å². The molecule has 0 bridgehead atoms. The number of hydrogen-bond acceptors (Lipinski definition) is 2. The van der Waals surface area contributed by atoms with Crippen molar-refractivity contribution in [2.75, 3.05) is 6.67 Å². The molecule has 62 valence electrons. The maximum absolute atomic E-state index is 12.0. The summed E-state index contributed by atoms with van der Waals surface area (Å²) in [7, 11) is 0. The Morgan fingerprint density at radius 2 is 2.17 bits per heavy atom. The highest BCUT2D eigenvalue weighted by atomic mass is 19.1. The number of hydrogen-bond donors (Lipinski definition) is 0. The molecule has 12 heavy (non-hydrogen) atoms. The van der Waals surface area contributed by atoms with Crippen LogP contribution in [0.2, 0.25) is 0 Å². The van der Waals surface area contributed by atoms with E-state index in [-0.39, 0.29) is 6.54 Å². The van der Waals surface area contributed by atoms with Crippen LogP contribution in [0.25, 0.3) is 11.0 Å². The van der Waals surface area contributed by atoms with Crippen LogP contribution in [0.4, 0.5) is 4.39 Å². The summed E-state index contributed by atoms with van der Waals surface area (Å²) in [6.45, 7) is -0.131. The largest absolute Gasteiger partial charge is 0.249 e. The SMILES string of the molecule is FCCn1nnc2ccccc21. The molecule has 2 aromatic rings. The lowest BCUT2D eigenvalue weighted by atomic mass is 10.3. The molecule has 0 radical (unpaired) electrons. The number of nitrogens with zero attached hydrogens (tertiary/aromatic N) is 3. The van der Waals surface area contributed by atoms with Crippen LogP contribution in [0.15, 0.2) is 24.3 Å². The highest BCUT2D eigenvalue weighted by molar-refractivity contribution is 5.73.